The third-order valence-electron chi connectivity index (χ3n) is 2.94. The number of nitrogens with one attached hydrogen (secondary N) is 1. The van der Waals surface area contributed by atoms with Gasteiger partial charge >= 0.3 is 5.97 Å². The Morgan fingerprint density at radius 2 is 2.09 bits per heavy atom. The molecule has 22 heavy (non-hydrogen) atoms. The van der Waals surface area contributed by atoms with Gasteiger partial charge in [-0.05, 0) is 36.2 Å². The van der Waals surface area contributed by atoms with Crippen molar-refractivity contribution in [2.45, 2.75) is 18.2 Å². The maximum absolute atomic E-state index is 12.3. The van der Waals surface area contributed by atoms with E-state index >= 15 is 0 Å². The number of pyridine rings is 1. The minimum atomic E-state index is -3.95. The van der Waals surface area contributed by atoms with E-state index in [1.807, 2.05) is 6.92 Å². The van der Waals surface area contributed by atoms with Crippen LogP contribution in [-0.2, 0) is 16.4 Å². The van der Waals surface area contributed by atoms with E-state index in [1.54, 1.807) is 12.3 Å². The zero-order chi connectivity index (χ0) is 16.3. The number of aromatic nitrogens is 1. The summed E-state index contributed by atoms with van der Waals surface area (Å²) in [6.45, 7) is 1.90. The molecule has 0 bridgehead atoms. The maximum Gasteiger partial charge on any atom is 0.335 e. The maximum atomic E-state index is 12.3. The molecule has 0 radical (unpaired) electrons. The Morgan fingerprint density at radius 3 is 2.73 bits per heavy atom. The molecule has 0 amide bonds. The molecular formula is C14H13ClN2O4S. The molecule has 2 rings (SSSR count). The van der Waals surface area contributed by atoms with Crippen molar-refractivity contribution < 1.29 is 18.3 Å². The molecule has 0 unspecified atom stereocenters. The average molecular weight is 341 g/mol. The van der Waals surface area contributed by atoms with E-state index in [4.69, 9.17) is 16.7 Å². The summed E-state index contributed by atoms with van der Waals surface area (Å²) in [5.41, 5.74) is 0.859. The van der Waals surface area contributed by atoms with Crippen molar-refractivity contribution in [3.05, 3.63) is 52.8 Å². The largest absolute Gasteiger partial charge is 0.478 e. The van der Waals surface area contributed by atoms with Crippen LogP contribution in [0.25, 0.3) is 0 Å². The molecule has 0 fully saturated rings. The second-order valence-corrected chi connectivity index (χ2v) is 6.51. The van der Waals surface area contributed by atoms with Crippen LogP contribution in [0.15, 0.2) is 41.4 Å². The van der Waals surface area contributed by atoms with Gasteiger partial charge in [0.25, 0.3) is 10.0 Å². The zero-order valence-corrected chi connectivity index (χ0v) is 13.1. The molecule has 0 saturated heterocycles. The highest BCUT2D eigenvalue weighted by Gasteiger charge is 2.18. The molecule has 2 aromatic rings. The fourth-order valence-electron chi connectivity index (χ4n) is 1.76. The molecule has 0 saturated carbocycles. The highest BCUT2D eigenvalue weighted by atomic mass is 35.5. The molecule has 6 nitrogen and oxygen atoms in total. The van der Waals surface area contributed by atoms with Crippen LogP contribution in [0.3, 0.4) is 0 Å². The molecule has 2 N–H and O–H groups in total. The third-order valence-corrected chi connectivity index (χ3v) is 4.60. The van der Waals surface area contributed by atoms with Crippen LogP contribution in [0.4, 0.5) is 5.69 Å². The second-order valence-electron chi connectivity index (χ2n) is 4.47. The number of nitrogens with zero attached hydrogens (tertiary/aromatic N) is 1. The Hall–Kier alpha value is -2.12. The lowest BCUT2D eigenvalue weighted by atomic mass is 10.2. The molecule has 0 aliphatic heterocycles. The molecule has 0 aliphatic carbocycles. The van der Waals surface area contributed by atoms with Gasteiger partial charge in [-0.3, -0.25) is 4.72 Å². The van der Waals surface area contributed by atoms with Crippen molar-refractivity contribution in [3.63, 3.8) is 0 Å². The van der Waals surface area contributed by atoms with Gasteiger partial charge in [0.1, 0.15) is 0 Å². The van der Waals surface area contributed by atoms with Crippen molar-refractivity contribution in [2.75, 3.05) is 4.72 Å². The number of benzene rings is 1. The SMILES string of the molecule is CCc1cnc(Cl)c(NS(=O)(=O)c2cccc(C(=O)O)c2)c1. The summed E-state index contributed by atoms with van der Waals surface area (Å²) in [5.74, 6) is -1.20. The van der Waals surface area contributed by atoms with E-state index in [0.717, 1.165) is 11.6 Å². The van der Waals surface area contributed by atoms with Crippen LogP contribution in [0.1, 0.15) is 22.8 Å². The number of carboxylic acids is 1. The fourth-order valence-corrected chi connectivity index (χ4v) is 3.07. The van der Waals surface area contributed by atoms with Crippen LogP contribution < -0.4 is 4.72 Å². The quantitative estimate of drug-likeness (QED) is 0.816. The summed E-state index contributed by atoms with van der Waals surface area (Å²) < 4.78 is 27.0. The Bertz CT molecular complexity index is 821. The lowest BCUT2D eigenvalue weighted by molar-refractivity contribution is 0.0696. The Balaban J connectivity index is 2.40. The van der Waals surface area contributed by atoms with Crippen LogP contribution in [0, 0.1) is 0 Å². The summed E-state index contributed by atoms with van der Waals surface area (Å²) in [5, 5.41) is 8.95. The van der Waals surface area contributed by atoms with Crippen LogP contribution in [0.5, 0.6) is 0 Å². The smallest absolute Gasteiger partial charge is 0.335 e. The van der Waals surface area contributed by atoms with Gasteiger partial charge in [-0.15, -0.1) is 0 Å². The van der Waals surface area contributed by atoms with Crippen molar-refractivity contribution in [2.24, 2.45) is 0 Å². The van der Waals surface area contributed by atoms with Gasteiger partial charge in [0, 0.05) is 6.20 Å². The Morgan fingerprint density at radius 1 is 1.36 bits per heavy atom. The zero-order valence-electron chi connectivity index (χ0n) is 11.6. The second kappa shape index (κ2) is 6.33. The predicted molar refractivity (Wildman–Crippen MR) is 82.8 cm³/mol. The summed E-state index contributed by atoms with van der Waals surface area (Å²) in [6, 6.07) is 6.65. The normalized spacial score (nSPS) is 11.2. The van der Waals surface area contributed by atoms with Crippen molar-refractivity contribution in [1.82, 2.24) is 4.98 Å². The molecule has 0 atom stereocenters. The number of hydrogen-bond donors (Lipinski definition) is 2. The number of sulfonamides is 1. The lowest BCUT2D eigenvalue weighted by Crippen LogP contribution is -2.14. The number of aromatic carboxylic acids is 1. The van der Waals surface area contributed by atoms with Gasteiger partial charge in [-0.25, -0.2) is 18.2 Å². The van der Waals surface area contributed by atoms with Gasteiger partial charge in [0.05, 0.1) is 16.1 Å². The molecule has 8 heteroatoms. The monoisotopic (exact) mass is 340 g/mol. The Kier molecular flexibility index (Phi) is 4.68. The standard InChI is InChI=1S/C14H13ClN2O4S/c1-2-9-6-12(13(15)16-8-9)17-22(20,21)11-5-3-4-10(7-11)14(18)19/h3-8,17H,2H2,1H3,(H,18,19). The molecular weight excluding hydrogens is 328 g/mol. The molecule has 1 aromatic heterocycles. The summed E-state index contributed by atoms with van der Waals surface area (Å²) >= 11 is 5.90. The van der Waals surface area contributed by atoms with Gasteiger partial charge in [-0.1, -0.05) is 24.6 Å². The first-order chi connectivity index (χ1) is 10.3. The Labute approximate surface area is 132 Å². The van der Waals surface area contributed by atoms with Crippen molar-refractivity contribution in [3.8, 4) is 0 Å². The van der Waals surface area contributed by atoms with E-state index in [-0.39, 0.29) is 21.3 Å². The van der Waals surface area contributed by atoms with Crippen molar-refractivity contribution in [1.29, 1.82) is 0 Å². The van der Waals surface area contributed by atoms with E-state index in [0.29, 0.717) is 6.42 Å². The summed E-state index contributed by atoms with van der Waals surface area (Å²) in [6.07, 6.45) is 2.23. The molecule has 1 aromatic carbocycles. The molecule has 116 valence electrons. The van der Waals surface area contributed by atoms with E-state index in [1.165, 1.54) is 18.2 Å². The van der Waals surface area contributed by atoms with Crippen LogP contribution >= 0.6 is 11.6 Å². The van der Waals surface area contributed by atoms with Crippen molar-refractivity contribution >= 4 is 33.3 Å². The lowest BCUT2D eigenvalue weighted by Gasteiger charge is -2.10. The van der Waals surface area contributed by atoms with Crippen LogP contribution in [-0.4, -0.2) is 24.5 Å². The number of hydrogen-bond acceptors (Lipinski definition) is 4. The minimum absolute atomic E-state index is 0.0233. The fraction of sp³-hybridized carbons (Fsp3) is 0.143. The average Bonchev–Trinajstić information content (AvgIpc) is 2.49. The summed E-state index contributed by atoms with van der Waals surface area (Å²) in [7, 11) is -3.95. The first kappa shape index (κ1) is 16.3. The minimum Gasteiger partial charge on any atom is -0.478 e. The van der Waals surface area contributed by atoms with Gasteiger partial charge in [0.15, 0.2) is 5.15 Å². The number of anilines is 1. The predicted octanol–water partition coefficient (Wildman–Crippen LogP) is 2.80. The number of carboxylic acid groups (broad SMARTS) is 1. The van der Waals surface area contributed by atoms with E-state index < -0.39 is 16.0 Å². The topological polar surface area (TPSA) is 96.4 Å². The first-order valence-corrected chi connectivity index (χ1v) is 8.20. The number of carbonyl (C=O) groups is 1. The highest BCUT2D eigenvalue weighted by Crippen LogP contribution is 2.24. The van der Waals surface area contributed by atoms with E-state index in [2.05, 4.69) is 9.71 Å². The molecule has 1 heterocycles. The van der Waals surface area contributed by atoms with Gasteiger partial charge < -0.3 is 5.11 Å². The number of aryl methyl sites for hydroxylation is 1. The number of rotatable bonds is 5. The third kappa shape index (κ3) is 3.55. The first-order valence-electron chi connectivity index (χ1n) is 6.34. The van der Waals surface area contributed by atoms with Gasteiger partial charge in [-0.2, -0.15) is 0 Å². The number of halogens is 1. The van der Waals surface area contributed by atoms with Crippen LogP contribution in [0.2, 0.25) is 5.15 Å². The highest BCUT2D eigenvalue weighted by molar-refractivity contribution is 7.92. The molecule has 0 aliphatic rings. The molecule has 0 spiro atoms. The van der Waals surface area contributed by atoms with Gasteiger partial charge in [0.2, 0.25) is 0 Å². The summed E-state index contributed by atoms with van der Waals surface area (Å²) in [4.78, 5) is 14.7. The van der Waals surface area contributed by atoms with E-state index in [9.17, 15) is 13.2 Å².